The molecule has 2 aromatic carbocycles. The molecule has 2 aromatic rings. The van der Waals surface area contributed by atoms with Crippen LogP contribution in [0.5, 0.6) is 0 Å². The molecule has 2 atom stereocenters. The lowest BCUT2D eigenvalue weighted by Crippen LogP contribution is -2.37. The highest BCUT2D eigenvalue weighted by Gasteiger charge is 2.54. The van der Waals surface area contributed by atoms with Crippen molar-refractivity contribution >= 4 is 43.2 Å². The number of rotatable bonds is 2. The van der Waals surface area contributed by atoms with Crippen LogP contribution >= 0.6 is 15.9 Å². The van der Waals surface area contributed by atoms with Gasteiger partial charge in [-0.1, -0.05) is 34.1 Å². The average molecular weight is 421 g/mol. The standard InChI is InChI=1S/C18H17BrN2O3S/c1-12-4-2-6-14(8-12)20-16-10-25(23,24)11-17(16)21(18(20)22)15-7-3-5-13(19)9-15/h2-9,16-17H,10-11H2,1H3/t16-,17-/m0/s1. The first-order valence-electron chi connectivity index (χ1n) is 8.01. The number of hydrogen-bond acceptors (Lipinski definition) is 3. The first-order valence-corrected chi connectivity index (χ1v) is 10.6. The Morgan fingerprint density at radius 3 is 2.08 bits per heavy atom. The van der Waals surface area contributed by atoms with Gasteiger partial charge in [0, 0.05) is 15.8 Å². The fourth-order valence-electron chi connectivity index (χ4n) is 3.71. The van der Waals surface area contributed by atoms with Gasteiger partial charge in [0.2, 0.25) is 0 Å². The van der Waals surface area contributed by atoms with E-state index in [2.05, 4.69) is 15.9 Å². The Morgan fingerprint density at radius 1 is 0.960 bits per heavy atom. The predicted molar refractivity (Wildman–Crippen MR) is 102 cm³/mol. The zero-order valence-electron chi connectivity index (χ0n) is 13.6. The van der Waals surface area contributed by atoms with Crippen LogP contribution in [0, 0.1) is 6.92 Å². The third-order valence-corrected chi connectivity index (χ3v) is 6.93. The summed E-state index contributed by atoms with van der Waals surface area (Å²) in [7, 11) is -3.18. The average Bonchev–Trinajstić information content (AvgIpc) is 2.95. The zero-order valence-corrected chi connectivity index (χ0v) is 16.0. The molecular formula is C18H17BrN2O3S. The molecule has 0 unspecified atom stereocenters. The Bertz CT molecular complexity index is 891. The summed E-state index contributed by atoms with van der Waals surface area (Å²) in [5, 5.41) is 0. The number of sulfone groups is 1. The molecule has 2 saturated heterocycles. The quantitative estimate of drug-likeness (QED) is 0.699. The van der Waals surface area contributed by atoms with E-state index >= 15 is 0 Å². The molecule has 2 aliphatic heterocycles. The fraction of sp³-hybridized carbons (Fsp3) is 0.278. The second kappa shape index (κ2) is 5.85. The summed E-state index contributed by atoms with van der Waals surface area (Å²) in [5.41, 5.74) is 2.49. The van der Waals surface area contributed by atoms with Crippen LogP contribution in [0.25, 0.3) is 0 Å². The molecule has 2 amide bonds. The molecule has 25 heavy (non-hydrogen) atoms. The van der Waals surface area contributed by atoms with Gasteiger partial charge in [0.25, 0.3) is 0 Å². The molecule has 7 heteroatoms. The zero-order chi connectivity index (χ0) is 17.8. The van der Waals surface area contributed by atoms with Crippen molar-refractivity contribution < 1.29 is 13.2 Å². The molecule has 0 N–H and O–H groups in total. The summed E-state index contributed by atoms with van der Waals surface area (Å²) in [6.07, 6.45) is 0. The number of hydrogen-bond donors (Lipinski definition) is 0. The van der Waals surface area contributed by atoms with Crippen molar-refractivity contribution in [3.05, 3.63) is 58.6 Å². The summed E-state index contributed by atoms with van der Waals surface area (Å²) in [5.74, 6) is 0.0000868. The predicted octanol–water partition coefficient (Wildman–Crippen LogP) is 3.37. The van der Waals surface area contributed by atoms with Gasteiger partial charge in [0.15, 0.2) is 9.84 Å². The lowest BCUT2D eigenvalue weighted by Gasteiger charge is -2.23. The van der Waals surface area contributed by atoms with Crippen molar-refractivity contribution in [3.8, 4) is 0 Å². The molecule has 0 bridgehead atoms. The van der Waals surface area contributed by atoms with E-state index in [1.54, 1.807) is 9.80 Å². The van der Waals surface area contributed by atoms with E-state index in [1.807, 2.05) is 55.5 Å². The maximum atomic E-state index is 13.2. The van der Waals surface area contributed by atoms with Crippen molar-refractivity contribution in [1.82, 2.24) is 0 Å². The fourth-order valence-corrected chi connectivity index (χ4v) is 6.02. The van der Waals surface area contributed by atoms with Crippen LogP contribution in [0.3, 0.4) is 0 Å². The summed E-state index contributed by atoms with van der Waals surface area (Å²) in [6.45, 7) is 1.96. The molecule has 2 aliphatic rings. The highest BCUT2D eigenvalue weighted by Crippen LogP contribution is 2.38. The highest BCUT2D eigenvalue weighted by molar-refractivity contribution is 9.10. The van der Waals surface area contributed by atoms with E-state index in [4.69, 9.17) is 0 Å². The molecule has 0 radical (unpaired) electrons. The molecule has 130 valence electrons. The van der Waals surface area contributed by atoms with Crippen LogP contribution < -0.4 is 9.80 Å². The molecule has 0 spiro atoms. The Balaban J connectivity index is 1.83. The van der Waals surface area contributed by atoms with Gasteiger partial charge in [0.1, 0.15) is 0 Å². The molecule has 0 aliphatic carbocycles. The summed E-state index contributed by atoms with van der Waals surface area (Å²) in [6, 6.07) is 14.1. The highest BCUT2D eigenvalue weighted by atomic mass is 79.9. The first kappa shape index (κ1) is 16.6. The molecule has 2 fully saturated rings. The third-order valence-electron chi connectivity index (χ3n) is 4.74. The van der Waals surface area contributed by atoms with Gasteiger partial charge in [-0.15, -0.1) is 0 Å². The van der Waals surface area contributed by atoms with Crippen LogP contribution in [-0.2, 0) is 9.84 Å². The van der Waals surface area contributed by atoms with E-state index in [1.165, 1.54) is 0 Å². The lowest BCUT2D eigenvalue weighted by molar-refractivity contribution is 0.255. The van der Waals surface area contributed by atoms with Crippen LogP contribution in [0.4, 0.5) is 16.2 Å². The number of anilines is 2. The second-order valence-corrected chi connectivity index (χ2v) is 9.62. The summed E-state index contributed by atoms with van der Waals surface area (Å²) in [4.78, 5) is 16.5. The number of fused-ring (bicyclic) bond motifs is 1. The van der Waals surface area contributed by atoms with Crippen LogP contribution in [-0.4, -0.2) is 38.0 Å². The van der Waals surface area contributed by atoms with Gasteiger partial charge in [0.05, 0.1) is 23.6 Å². The number of benzene rings is 2. The number of carbonyl (C=O) groups is 1. The topological polar surface area (TPSA) is 57.7 Å². The lowest BCUT2D eigenvalue weighted by atomic mass is 10.1. The minimum Gasteiger partial charge on any atom is -0.288 e. The van der Waals surface area contributed by atoms with Gasteiger partial charge >= 0.3 is 6.03 Å². The Kier molecular flexibility index (Phi) is 3.88. The van der Waals surface area contributed by atoms with E-state index in [9.17, 15) is 13.2 Å². The van der Waals surface area contributed by atoms with Gasteiger partial charge in [-0.25, -0.2) is 13.2 Å². The Hall–Kier alpha value is -1.86. The normalized spacial score (nSPS) is 24.6. The number of amides is 2. The molecule has 0 aromatic heterocycles. The second-order valence-electron chi connectivity index (χ2n) is 6.55. The molecule has 4 rings (SSSR count). The number of nitrogens with zero attached hydrogens (tertiary/aromatic N) is 2. The largest absolute Gasteiger partial charge is 0.329 e. The van der Waals surface area contributed by atoms with Crippen molar-refractivity contribution in [3.63, 3.8) is 0 Å². The van der Waals surface area contributed by atoms with E-state index in [0.29, 0.717) is 5.69 Å². The van der Waals surface area contributed by atoms with Gasteiger partial charge in [-0.05, 0) is 42.8 Å². The van der Waals surface area contributed by atoms with Crippen molar-refractivity contribution in [2.75, 3.05) is 21.3 Å². The number of aryl methyl sites for hydroxylation is 1. The minimum absolute atomic E-state index is 0.00175. The molecule has 0 saturated carbocycles. The van der Waals surface area contributed by atoms with Crippen LogP contribution in [0.1, 0.15) is 5.56 Å². The van der Waals surface area contributed by atoms with Crippen LogP contribution in [0.2, 0.25) is 0 Å². The Labute approximate surface area is 155 Å². The maximum Gasteiger partial charge on any atom is 0.329 e. The van der Waals surface area contributed by atoms with Gasteiger partial charge in [-0.2, -0.15) is 0 Å². The first-order chi connectivity index (χ1) is 11.9. The van der Waals surface area contributed by atoms with Gasteiger partial charge < -0.3 is 0 Å². The SMILES string of the molecule is Cc1cccc(N2C(=O)N(c3cccc(Br)c3)[C@H]3CS(=O)(=O)C[C@@H]32)c1. The van der Waals surface area contributed by atoms with E-state index in [-0.39, 0.29) is 29.6 Å². The monoisotopic (exact) mass is 420 g/mol. The number of halogens is 1. The van der Waals surface area contributed by atoms with Crippen molar-refractivity contribution in [2.45, 2.75) is 19.0 Å². The number of carbonyl (C=O) groups excluding carboxylic acids is 1. The van der Waals surface area contributed by atoms with E-state index in [0.717, 1.165) is 15.7 Å². The van der Waals surface area contributed by atoms with Crippen molar-refractivity contribution in [1.29, 1.82) is 0 Å². The molecule has 2 heterocycles. The Morgan fingerprint density at radius 2 is 1.52 bits per heavy atom. The third kappa shape index (κ3) is 2.85. The smallest absolute Gasteiger partial charge is 0.288 e. The number of urea groups is 1. The van der Waals surface area contributed by atoms with Gasteiger partial charge in [-0.3, -0.25) is 9.80 Å². The summed E-state index contributed by atoms with van der Waals surface area (Å²) < 4.78 is 25.4. The summed E-state index contributed by atoms with van der Waals surface area (Å²) >= 11 is 3.42. The van der Waals surface area contributed by atoms with Crippen LogP contribution in [0.15, 0.2) is 53.0 Å². The van der Waals surface area contributed by atoms with E-state index < -0.39 is 9.84 Å². The maximum absolute atomic E-state index is 13.2. The molecular weight excluding hydrogens is 404 g/mol. The molecule has 5 nitrogen and oxygen atoms in total. The van der Waals surface area contributed by atoms with Crippen molar-refractivity contribution in [2.24, 2.45) is 0 Å². The minimum atomic E-state index is -3.18.